The molecule has 0 radical (unpaired) electrons. The van der Waals surface area contributed by atoms with E-state index in [2.05, 4.69) is 15.3 Å². The summed E-state index contributed by atoms with van der Waals surface area (Å²) in [4.78, 5) is 31.3. The van der Waals surface area contributed by atoms with Crippen LogP contribution in [-0.2, 0) is 14.3 Å². The number of hydrogen-bond donors (Lipinski definition) is 1. The summed E-state index contributed by atoms with van der Waals surface area (Å²) in [7, 11) is 0. The largest absolute Gasteiger partial charge is 0.464 e. The van der Waals surface area contributed by atoms with Crippen molar-refractivity contribution in [1.29, 1.82) is 0 Å². The molecular weight excluding hydrogens is 270 g/mol. The Kier molecular flexibility index (Phi) is 7.71. The first-order valence-electron chi connectivity index (χ1n) is 7.00. The minimum Gasteiger partial charge on any atom is -0.464 e. The van der Waals surface area contributed by atoms with Gasteiger partial charge in [-0.3, -0.25) is 14.8 Å². The van der Waals surface area contributed by atoms with Gasteiger partial charge in [-0.15, -0.1) is 0 Å². The molecule has 1 heterocycles. The van der Waals surface area contributed by atoms with Crippen molar-refractivity contribution in [2.75, 3.05) is 13.2 Å². The first kappa shape index (κ1) is 16.8. The molecule has 0 spiro atoms. The molecule has 1 amide bonds. The normalized spacial score (nSPS) is 12.1. The second-order valence-corrected chi connectivity index (χ2v) is 4.43. The summed E-state index contributed by atoms with van der Waals surface area (Å²) in [5.41, 5.74) is 0.790. The van der Waals surface area contributed by atoms with Gasteiger partial charge in [0.25, 0.3) is 0 Å². The molecule has 0 aliphatic rings. The minimum absolute atomic E-state index is 0.177. The van der Waals surface area contributed by atoms with Crippen LogP contribution in [-0.4, -0.2) is 42.3 Å². The Bertz CT molecular complexity index is 474. The Balaban J connectivity index is 2.19. The maximum absolute atomic E-state index is 11.6. The van der Waals surface area contributed by atoms with Crippen molar-refractivity contribution in [1.82, 2.24) is 10.3 Å². The van der Waals surface area contributed by atoms with E-state index in [1.807, 2.05) is 18.2 Å². The molecule has 1 aromatic heterocycles. The third-order valence-electron chi connectivity index (χ3n) is 2.62. The average molecular weight is 291 g/mol. The lowest BCUT2D eigenvalue weighted by molar-refractivity contribution is -0.146. The molecule has 0 saturated heterocycles. The molecule has 0 unspecified atom stereocenters. The van der Waals surface area contributed by atoms with Gasteiger partial charge >= 0.3 is 5.97 Å². The second-order valence-electron chi connectivity index (χ2n) is 4.43. The van der Waals surface area contributed by atoms with E-state index in [1.54, 1.807) is 26.3 Å². The highest BCUT2D eigenvalue weighted by atomic mass is 16.5. The highest BCUT2D eigenvalue weighted by Crippen LogP contribution is 1.95. The van der Waals surface area contributed by atoms with Crippen molar-refractivity contribution in [3.8, 4) is 0 Å². The van der Waals surface area contributed by atoms with E-state index >= 15 is 0 Å². The fraction of sp³-hybridized carbons (Fsp3) is 0.467. The third kappa shape index (κ3) is 7.20. The van der Waals surface area contributed by atoms with Crippen LogP contribution in [0.4, 0.5) is 0 Å². The molecule has 21 heavy (non-hydrogen) atoms. The van der Waals surface area contributed by atoms with Gasteiger partial charge in [0, 0.05) is 25.4 Å². The molecule has 0 saturated carbocycles. The van der Waals surface area contributed by atoms with Crippen LogP contribution in [0.15, 0.2) is 29.4 Å². The van der Waals surface area contributed by atoms with Crippen molar-refractivity contribution >= 4 is 18.1 Å². The average Bonchev–Trinajstić information content (AvgIpc) is 2.48. The maximum Gasteiger partial charge on any atom is 0.328 e. The van der Waals surface area contributed by atoms with Gasteiger partial charge in [0.2, 0.25) is 5.91 Å². The molecule has 0 aliphatic carbocycles. The molecule has 1 aromatic rings. The summed E-state index contributed by atoms with van der Waals surface area (Å²) in [5, 5.41) is 2.60. The Hall–Kier alpha value is -2.24. The number of amides is 1. The number of aromatic nitrogens is 1. The number of ether oxygens (including phenoxy) is 1. The highest BCUT2D eigenvalue weighted by Gasteiger charge is 2.15. The van der Waals surface area contributed by atoms with Crippen molar-refractivity contribution in [2.24, 2.45) is 4.99 Å². The summed E-state index contributed by atoms with van der Waals surface area (Å²) in [6.07, 6.45) is 4.32. The SMILES string of the molecule is CCOC(=O)[C@H](C)NC(=O)CCCN=Cc1ccccn1. The molecule has 0 fully saturated rings. The molecule has 6 heteroatoms. The molecule has 0 aromatic carbocycles. The van der Waals surface area contributed by atoms with Gasteiger partial charge in [0.05, 0.1) is 12.3 Å². The Morgan fingerprint density at radius 2 is 2.29 bits per heavy atom. The van der Waals surface area contributed by atoms with Crippen molar-refractivity contribution in [3.63, 3.8) is 0 Å². The number of hydrogen-bond acceptors (Lipinski definition) is 5. The molecule has 1 atom stereocenters. The van der Waals surface area contributed by atoms with Crippen LogP contribution in [0.3, 0.4) is 0 Å². The zero-order valence-electron chi connectivity index (χ0n) is 12.4. The Morgan fingerprint density at radius 3 is 2.95 bits per heavy atom. The van der Waals surface area contributed by atoms with Crippen LogP contribution in [0.5, 0.6) is 0 Å². The lowest BCUT2D eigenvalue weighted by Crippen LogP contribution is -2.39. The van der Waals surface area contributed by atoms with Crippen LogP contribution in [0.25, 0.3) is 0 Å². The number of rotatable bonds is 8. The van der Waals surface area contributed by atoms with Crippen LogP contribution in [0.1, 0.15) is 32.4 Å². The second kappa shape index (κ2) is 9.63. The van der Waals surface area contributed by atoms with E-state index < -0.39 is 12.0 Å². The number of nitrogens with one attached hydrogen (secondary N) is 1. The number of carbonyl (C=O) groups excluding carboxylic acids is 2. The van der Waals surface area contributed by atoms with E-state index in [0.717, 1.165) is 5.69 Å². The predicted molar refractivity (Wildman–Crippen MR) is 80.2 cm³/mol. The van der Waals surface area contributed by atoms with Gasteiger partial charge in [-0.25, -0.2) is 4.79 Å². The maximum atomic E-state index is 11.6. The number of carbonyl (C=O) groups is 2. The summed E-state index contributed by atoms with van der Waals surface area (Å²) in [5.74, 6) is -0.595. The van der Waals surface area contributed by atoms with E-state index in [0.29, 0.717) is 26.0 Å². The van der Waals surface area contributed by atoms with Gasteiger partial charge in [0.15, 0.2) is 0 Å². The Morgan fingerprint density at radius 1 is 1.48 bits per heavy atom. The van der Waals surface area contributed by atoms with Crippen LogP contribution in [0, 0.1) is 0 Å². The number of aliphatic imine (C=N–C) groups is 1. The van der Waals surface area contributed by atoms with Gasteiger partial charge < -0.3 is 10.1 Å². The number of nitrogens with zero attached hydrogens (tertiary/aromatic N) is 2. The summed E-state index contributed by atoms with van der Waals surface area (Å²) in [6.45, 7) is 4.18. The first-order chi connectivity index (χ1) is 10.1. The third-order valence-corrected chi connectivity index (χ3v) is 2.62. The van der Waals surface area contributed by atoms with Gasteiger partial charge in [0.1, 0.15) is 6.04 Å². The van der Waals surface area contributed by atoms with Crippen molar-refractivity contribution < 1.29 is 14.3 Å². The molecule has 0 bridgehead atoms. The monoisotopic (exact) mass is 291 g/mol. The zero-order valence-corrected chi connectivity index (χ0v) is 12.4. The van der Waals surface area contributed by atoms with Gasteiger partial charge in [-0.05, 0) is 32.4 Å². The lowest BCUT2D eigenvalue weighted by Gasteiger charge is -2.12. The molecule has 1 N–H and O–H groups in total. The number of pyridine rings is 1. The summed E-state index contributed by atoms with van der Waals surface area (Å²) < 4.78 is 4.81. The molecule has 114 valence electrons. The van der Waals surface area contributed by atoms with Crippen LogP contribution >= 0.6 is 0 Å². The Labute approximate surface area is 124 Å². The quantitative estimate of drug-likeness (QED) is 0.445. The zero-order chi connectivity index (χ0) is 15.5. The molecule has 6 nitrogen and oxygen atoms in total. The van der Waals surface area contributed by atoms with Gasteiger partial charge in [-0.2, -0.15) is 0 Å². The van der Waals surface area contributed by atoms with Crippen molar-refractivity contribution in [3.05, 3.63) is 30.1 Å². The first-order valence-corrected chi connectivity index (χ1v) is 7.00. The lowest BCUT2D eigenvalue weighted by atomic mass is 10.2. The fourth-order valence-electron chi connectivity index (χ4n) is 1.58. The topological polar surface area (TPSA) is 80.6 Å². The molecule has 1 rings (SSSR count). The standard InChI is InChI=1S/C15H21N3O3/c1-3-21-15(20)12(2)18-14(19)8-6-9-16-11-13-7-4-5-10-17-13/h4-5,7,10-12H,3,6,8-9H2,1-2H3,(H,18,19)/t12-/m0/s1. The summed E-state index contributed by atoms with van der Waals surface area (Å²) >= 11 is 0. The van der Waals surface area contributed by atoms with E-state index in [9.17, 15) is 9.59 Å². The van der Waals surface area contributed by atoms with E-state index in [-0.39, 0.29) is 5.91 Å². The van der Waals surface area contributed by atoms with Crippen molar-refractivity contribution in [2.45, 2.75) is 32.7 Å². The number of esters is 1. The minimum atomic E-state index is -0.616. The van der Waals surface area contributed by atoms with Crippen LogP contribution < -0.4 is 5.32 Å². The molecular formula is C15H21N3O3. The van der Waals surface area contributed by atoms with Gasteiger partial charge in [-0.1, -0.05) is 6.07 Å². The highest BCUT2D eigenvalue weighted by molar-refractivity contribution is 5.84. The predicted octanol–water partition coefficient (Wildman–Crippen LogP) is 1.35. The fourth-order valence-corrected chi connectivity index (χ4v) is 1.58. The summed E-state index contributed by atoms with van der Waals surface area (Å²) in [6, 6.07) is 4.97. The molecule has 0 aliphatic heterocycles. The van der Waals surface area contributed by atoms with E-state index in [4.69, 9.17) is 4.74 Å². The van der Waals surface area contributed by atoms with E-state index in [1.165, 1.54) is 0 Å². The smallest absolute Gasteiger partial charge is 0.328 e. The van der Waals surface area contributed by atoms with Crippen LogP contribution in [0.2, 0.25) is 0 Å².